The summed E-state index contributed by atoms with van der Waals surface area (Å²) in [5, 5.41) is 15.2. The molecule has 1 aliphatic carbocycles. The van der Waals surface area contributed by atoms with Gasteiger partial charge < -0.3 is 14.9 Å². The van der Waals surface area contributed by atoms with Crippen molar-refractivity contribution in [2.45, 2.75) is 25.8 Å². The number of hydrogen-bond acceptors (Lipinski definition) is 4. The van der Waals surface area contributed by atoms with E-state index in [-0.39, 0.29) is 6.04 Å². The van der Waals surface area contributed by atoms with Crippen molar-refractivity contribution >= 4 is 6.09 Å². The summed E-state index contributed by atoms with van der Waals surface area (Å²) in [5.74, 6) is 1.09. The second-order valence-corrected chi connectivity index (χ2v) is 4.59. The Labute approximate surface area is 109 Å². The molecule has 1 atom stereocenters. The largest absolute Gasteiger partial charge is 0.465 e. The monoisotopic (exact) mass is 259 g/mol. The molecule has 2 aromatic rings. The van der Waals surface area contributed by atoms with E-state index in [1.165, 1.54) is 0 Å². The number of nitrogens with one attached hydrogen (secondary N) is 1. The smallest absolute Gasteiger partial charge is 0.405 e. The molecule has 1 heterocycles. The summed E-state index contributed by atoms with van der Waals surface area (Å²) >= 11 is 0. The maximum Gasteiger partial charge on any atom is 0.405 e. The lowest BCUT2D eigenvalue weighted by Crippen LogP contribution is -2.24. The zero-order valence-electron chi connectivity index (χ0n) is 10.4. The minimum absolute atomic E-state index is 0.117. The number of benzene rings is 1. The minimum Gasteiger partial charge on any atom is -0.465 e. The molecule has 3 rings (SSSR count). The van der Waals surface area contributed by atoms with Crippen molar-refractivity contribution < 1.29 is 14.4 Å². The SMILES string of the molecule is Cc1nc(-c2ccc3c(c2)CCC3NC(=O)O)no1. The predicted molar refractivity (Wildman–Crippen MR) is 66.7 cm³/mol. The van der Waals surface area contributed by atoms with Crippen LogP contribution in [0.5, 0.6) is 0 Å². The molecule has 0 saturated carbocycles. The number of amides is 1. The Morgan fingerprint density at radius 3 is 3.05 bits per heavy atom. The molecule has 6 nitrogen and oxygen atoms in total. The Morgan fingerprint density at radius 2 is 2.37 bits per heavy atom. The molecular formula is C13H13N3O3. The van der Waals surface area contributed by atoms with Crippen LogP contribution in [0.4, 0.5) is 4.79 Å². The van der Waals surface area contributed by atoms with Crippen molar-refractivity contribution in [3.63, 3.8) is 0 Å². The third kappa shape index (κ3) is 2.16. The second-order valence-electron chi connectivity index (χ2n) is 4.59. The molecule has 0 aliphatic heterocycles. The van der Waals surface area contributed by atoms with Gasteiger partial charge in [0.05, 0.1) is 6.04 Å². The summed E-state index contributed by atoms with van der Waals surface area (Å²) in [6, 6.07) is 5.71. The third-order valence-electron chi connectivity index (χ3n) is 3.30. The normalized spacial score (nSPS) is 17.2. The zero-order valence-corrected chi connectivity index (χ0v) is 10.4. The highest BCUT2D eigenvalue weighted by Crippen LogP contribution is 2.33. The fourth-order valence-electron chi connectivity index (χ4n) is 2.47. The Morgan fingerprint density at radius 1 is 1.53 bits per heavy atom. The lowest BCUT2D eigenvalue weighted by atomic mass is 10.0. The molecule has 0 saturated heterocycles. The number of aromatic nitrogens is 2. The predicted octanol–water partition coefficient (Wildman–Crippen LogP) is 2.30. The number of rotatable bonds is 2. The molecule has 1 amide bonds. The van der Waals surface area contributed by atoms with Crippen molar-refractivity contribution in [1.29, 1.82) is 0 Å². The quantitative estimate of drug-likeness (QED) is 0.863. The summed E-state index contributed by atoms with van der Waals surface area (Å²) < 4.78 is 4.96. The first-order valence-electron chi connectivity index (χ1n) is 6.06. The van der Waals surface area contributed by atoms with E-state index < -0.39 is 6.09 Å². The van der Waals surface area contributed by atoms with Crippen LogP contribution in [0, 0.1) is 6.92 Å². The number of fused-ring (bicyclic) bond motifs is 1. The molecule has 6 heteroatoms. The first kappa shape index (κ1) is 11.7. The van der Waals surface area contributed by atoms with Crippen LogP contribution in [-0.2, 0) is 6.42 Å². The van der Waals surface area contributed by atoms with E-state index in [1.807, 2.05) is 18.2 Å². The first-order chi connectivity index (χ1) is 9.13. The van der Waals surface area contributed by atoms with Crippen LogP contribution in [0.25, 0.3) is 11.4 Å². The summed E-state index contributed by atoms with van der Waals surface area (Å²) in [6.07, 6.45) is 0.650. The molecule has 1 unspecified atom stereocenters. The van der Waals surface area contributed by atoms with Crippen LogP contribution in [0.3, 0.4) is 0 Å². The Hall–Kier alpha value is -2.37. The van der Waals surface area contributed by atoms with Crippen molar-refractivity contribution in [3.05, 3.63) is 35.2 Å². The van der Waals surface area contributed by atoms with Gasteiger partial charge in [0.2, 0.25) is 11.7 Å². The molecule has 0 spiro atoms. The van der Waals surface area contributed by atoms with Gasteiger partial charge in [-0.2, -0.15) is 4.98 Å². The molecule has 1 aromatic carbocycles. The van der Waals surface area contributed by atoms with Crippen LogP contribution < -0.4 is 5.32 Å². The van der Waals surface area contributed by atoms with Gasteiger partial charge in [-0.3, -0.25) is 0 Å². The van der Waals surface area contributed by atoms with Crippen LogP contribution in [0.15, 0.2) is 22.7 Å². The molecule has 0 fully saturated rings. The van der Waals surface area contributed by atoms with Gasteiger partial charge in [-0.25, -0.2) is 4.79 Å². The fourth-order valence-corrected chi connectivity index (χ4v) is 2.47. The van der Waals surface area contributed by atoms with Gasteiger partial charge in [0, 0.05) is 12.5 Å². The van der Waals surface area contributed by atoms with E-state index in [9.17, 15) is 4.79 Å². The number of carbonyl (C=O) groups is 1. The average Bonchev–Trinajstić information content (AvgIpc) is 2.95. The molecule has 0 radical (unpaired) electrons. The van der Waals surface area contributed by atoms with E-state index in [1.54, 1.807) is 6.92 Å². The highest BCUT2D eigenvalue weighted by molar-refractivity contribution is 5.66. The van der Waals surface area contributed by atoms with E-state index in [2.05, 4.69) is 15.5 Å². The van der Waals surface area contributed by atoms with Gasteiger partial charge in [-0.05, 0) is 30.0 Å². The number of carboxylic acid groups (broad SMARTS) is 1. The summed E-state index contributed by atoms with van der Waals surface area (Å²) in [4.78, 5) is 14.9. The summed E-state index contributed by atoms with van der Waals surface area (Å²) in [6.45, 7) is 1.75. The third-order valence-corrected chi connectivity index (χ3v) is 3.30. The lowest BCUT2D eigenvalue weighted by molar-refractivity contribution is 0.190. The minimum atomic E-state index is -0.990. The van der Waals surface area contributed by atoms with Gasteiger partial charge in [0.1, 0.15) is 0 Å². The molecule has 1 aliphatic rings. The van der Waals surface area contributed by atoms with Crippen molar-refractivity contribution in [3.8, 4) is 11.4 Å². The molecule has 19 heavy (non-hydrogen) atoms. The van der Waals surface area contributed by atoms with Crippen molar-refractivity contribution in [1.82, 2.24) is 15.5 Å². The number of aryl methyl sites for hydroxylation is 2. The topological polar surface area (TPSA) is 88.2 Å². The number of hydrogen-bond donors (Lipinski definition) is 2. The van der Waals surface area contributed by atoms with Gasteiger partial charge >= 0.3 is 6.09 Å². The Kier molecular flexibility index (Phi) is 2.70. The van der Waals surface area contributed by atoms with Gasteiger partial charge in [0.25, 0.3) is 0 Å². The zero-order chi connectivity index (χ0) is 13.4. The Balaban J connectivity index is 1.92. The molecular weight excluding hydrogens is 246 g/mol. The van der Waals surface area contributed by atoms with Crippen LogP contribution in [-0.4, -0.2) is 21.3 Å². The fraction of sp³-hybridized carbons (Fsp3) is 0.308. The maximum absolute atomic E-state index is 10.7. The standard InChI is InChI=1S/C13H13N3O3/c1-7-14-12(16-19-7)9-2-4-10-8(6-9)3-5-11(10)15-13(17)18/h2,4,6,11,15H,3,5H2,1H3,(H,17,18). The second kappa shape index (κ2) is 4.38. The molecule has 2 N–H and O–H groups in total. The van der Waals surface area contributed by atoms with Crippen LogP contribution in [0.1, 0.15) is 29.5 Å². The summed E-state index contributed by atoms with van der Waals surface area (Å²) in [7, 11) is 0. The highest BCUT2D eigenvalue weighted by atomic mass is 16.5. The van der Waals surface area contributed by atoms with Gasteiger partial charge in [-0.1, -0.05) is 17.3 Å². The van der Waals surface area contributed by atoms with Gasteiger partial charge in [0.15, 0.2) is 0 Å². The summed E-state index contributed by atoms with van der Waals surface area (Å²) in [5.41, 5.74) is 3.07. The Bertz CT molecular complexity index is 636. The number of nitrogens with zero attached hydrogens (tertiary/aromatic N) is 2. The van der Waals surface area contributed by atoms with E-state index >= 15 is 0 Å². The molecule has 98 valence electrons. The maximum atomic E-state index is 10.7. The van der Waals surface area contributed by atoms with Crippen molar-refractivity contribution in [2.24, 2.45) is 0 Å². The van der Waals surface area contributed by atoms with E-state index in [0.29, 0.717) is 11.7 Å². The van der Waals surface area contributed by atoms with E-state index in [0.717, 1.165) is 29.5 Å². The molecule has 0 bridgehead atoms. The van der Waals surface area contributed by atoms with Gasteiger partial charge in [-0.15, -0.1) is 0 Å². The lowest BCUT2D eigenvalue weighted by Gasteiger charge is -2.11. The van der Waals surface area contributed by atoms with E-state index in [4.69, 9.17) is 9.63 Å². The van der Waals surface area contributed by atoms with Crippen LogP contribution in [0.2, 0.25) is 0 Å². The molecule has 1 aromatic heterocycles. The first-order valence-corrected chi connectivity index (χ1v) is 6.06. The van der Waals surface area contributed by atoms with Crippen molar-refractivity contribution in [2.75, 3.05) is 0 Å². The average molecular weight is 259 g/mol. The van der Waals surface area contributed by atoms with Crippen LogP contribution >= 0.6 is 0 Å². The highest BCUT2D eigenvalue weighted by Gasteiger charge is 2.24.